The second-order valence-electron chi connectivity index (χ2n) is 4.44. The van der Waals surface area contributed by atoms with Crippen LogP contribution in [0.1, 0.15) is 19.7 Å². The molecular weight excluding hydrogens is 214 g/mol. The number of nitrogens with zero attached hydrogens (tertiary/aromatic N) is 3. The largest absolute Gasteiger partial charge is 0.370 e. The molecule has 1 saturated heterocycles. The van der Waals surface area contributed by atoms with Gasteiger partial charge in [0.15, 0.2) is 0 Å². The van der Waals surface area contributed by atoms with Crippen molar-refractivity contribution in [2.24, 2.45) is 0 Å². The molecule has 0 aliphatic carbocycles. The van der Waals surface area contributed by atoms with Gasteiger partial charge in [-0.3, -0.25) is 0 Å². The molecule has 17 heavy (non-hydrogen) atoms. The van der Waals surface area contributed by atoms with Crippen molar-refractivity contribution in [1.82, 2.24) is 15.3 Å². The van der Waals surface area contributed by atoms with Gasteiger partial charge in [0, 0.05) is 38.3 Å². The van der Waals surface area contributed by atoms with Crippen molar-refractivity contribution in [3.63, 3.8) is 0 Å². The van der Waals surface area contributed by atoms with Gasteiger partial charge in [-0.25, -0.2) is 9.97 Å². The minimum absolute atomic E-state index is 0.479. The van der Waals surface area contributed by atoms with Crippen LogP contribution in [0.5, 0.6) is 0 Å². The molecule has 1 aliphatic heterocycles. The molecule has 94 valence electrons. The van der Waals surface area contributed by atoms with E-state index >= 15 is 0 Å². The molecule has 0 radical (unpaired) electrons. The van der Waals surface area contributed by atoms with Crippen molar-refractivity contribution in [3.8, 4) is 0 Å². The Morgan fingerprint density at radius 3 is 3.06 bits per heavy atom. The summed E-state index contributed by atoms with van der Waals surface area (Å²) in [5, 5.41) is 6.64. The summed E-state index contributed by atoms with van der Waals surface area (Å²) in [7, 11) is 0. The van der Waals surface area contributed by atoms with E-state index in [-0.39, 0.29) is 0 Å². The summed E-state index contributed by atoms with van der Waals surface area (Å²) in [6.07, 6.45) is 0. The number of piperazine rings is 1. The van der Waals surface area contributed by atoms with Crippen LogP contribution in [0, 0.1) is 6.92 Å². The molecule has 2 N–H and O–H groups in total. The summed E-state index contributed by atoms with van der Waals surface area (Å²) in [6.45, 7) is 10.2. The molecule has 5 heteroatoms. The summed E-state index contributed by atoms with van der Waals surface area (Å²) >= 11 is 0. The number of aromatic nitrogens is 2. The molecular formula is C12H21N5. The Balaban J connectivity index is 2.24. The van der Waals surface area contributed by atoms with Crippen molar-refractivity contribution < 1.29 is 0 Å². The minimum atomic E-state index is 0.479. The van der Waals surface area contributed by atoms with Crippen LogP contribution >= 0.6 is 0 Å². The molecule has 2 heterocycles. The Bertz CT molecular complexity index is 379. The summed E-state index contributed by atoms with van der Waals surface area (Å²) in [4.78, 5) is 11.3. The Hall–Kier alpha value is -1.36. The Morgan fingerprint density at radius 2 is 2.35 bits per heavy atom. The molecule has 1 aliphatic rings. The molecule has 2 rings (SSSR count). The van der Waals surface area contributed by atoms with E-state index in [9.17, 15) is 0 Å². The highest BCUT2D eigenvalue weighted by atomic mass is 15.3. The molecule has 1 aromatic heterocycles. The third-order valence-corrected chi connectivity index (χ3v) is 2.98. The highest BCUT2D eigenvalue weighted by Crippen LogP contribution is 2.19. The monoisotopic (exact) mass is 235 g/mol. The number of aryl methyl sites for hydroxylation is 1. The van der Waals surface area contributed by atoms with E-state index in [0.29, 0.717) is 6.04 Å². The van der Waals surface area contributed by atoms with Crippen LogP contribution in [-0.2, 0) is 0 Å². The first-order chi connectivity index (χ1) is 8.20. The van der Waals surface area contributed by atoms with Crippen molar-refractivity contribution in [1.29, 1.82) is 0 Å². The molecule has 0 aromatic carbocycles. The lowest BCUT2D eigenvalue weighted by atomic mass is 10.2. The van der Waals surface area contributed by atoms with E-state index < -0.39 is 0 Å². The molecule has 0 bridgehead atoms. The lowest BCUT2D eigenvalue weighted by Crippen LogP contribution is -2.50. The van der Waals surface area contributed by atoms with E-state index in [1.54, 1.807) is 0 Å². The average molecular weight is 235 g/mol. The predicted octanol–water partition coefficient (Wildman–Crippen LogP) is 1.01. The van der Waals surface area contributed by atoms with E-state index in [1.807, 2.05) is 13.0 Å². The number of nitrogens with one attached hydrogen (secondary N) is 2. The molecule has 1 unspecified atom stereocenters. The van der Waals surface area contributed by atoms with Crippen molar-refractivity contribution in [2.45, 2.75) is 26.8 Å². The van der Waals surface area contributed by atoms with Gasteiger partial charge in [0.25, 0.3) is 0 Å². The van der Waals surface area contributed by atoms with Gasteiger partial charge in [-0.05, 0) is 20.8 Å². The molecule has 1 atom stereocenters. The van der Waals surface area contributed by atoms with Gasteiger partial charge in [-0.1, -0.05) is 0 Å². The van der Waals surface area contributed by atoms with Crippen LogP contribution in [0.25, 0.3) is 0 Å². The first kappa shape index (κ1) is 12.1. The first-order valence-electron chi connectivity index (χ1n) is 6.27. The maximum absolute atomic E-state index is 4.54. The fraction of sp³-hybridized carbons (Fsp3) is 0.667. The van der Waals surface area contributed by atoms with E-state index in [1.165, 1.54) is 0 Å². The number of anilines is 2. The number of hydrogen-bond acceptors (Lipinski definition) is 5. The second kappa shape index (κ2) is 5.31. The van der Waals surface area contributed by atoms with Gasteiger partial charge in [0.05, 0.1) is 0 Å². The third-order valence-electron chi connectivity index (χ3n) is 2.98. The van der Waals surface area contributed by atoms with E-state index in [2.05, 4.69) is 39.3 Å². The summed E-state index contributed by atoms with van der Waals surface area (Å²) in [5.74, 6) is 2.77. The lowest BCUT2D eigenvalue weighted by Gasteiger charge is -2.35. The van der Waals surface area contributed by atoms with Crippen LogP contribution < -0.4 is 15.5 Å². The topological polar surface area (TPSA) is 53.1 Å². The fourth-order valence-corrected chi connectivity index (χ4v) is 2.15. The van der Waals surface area contributed by atoms with Crippen LogP contribution in [0.3, 0.4) is 0 Å². The highest BCUT2D eigenvalue weighted by Gasteiger charge is 2.20. The quantitative estimate of drug-likeness (QED) is 0.819. The molecule has 0 spiro atoms. The molecule has 0 saturated carbocycles. The minimum Gasteiger partial charge on any atom is -0.370 e. The maximum atomic E-state index is 4.54. The van der Waals surface area contributed by atoms with Gasteiger partial charge in [0.2, 0.25) is 0 Å². The zero-order valence-electron chi connectivity index (χ0n) is 10.8. The maximum Gasteiger partial charge on any atom is 0.134 e. The first-order valence-corrected chi connectivity index (χ1v) is 6.27. The van der Waals surface area contributed by atoms with Gasteiger partial charge in [-0.15, -0.1) is 0 Å². The SMILES string of the molecule is CCNc1cc(N2CCNCC2C)nc(C)n1. The van der Waals surface area contributed by atoms with E-state index in [4.69, 9.17) is 0 Å². The number of hydrogen-bond donors (Lipinski definition) is 2. The predicted molar refractivity (Wildman–Crippen MR) is 70.6 cm³/mol. The Kier molecular flexibility index (Phi) is 3.78. The normalized spacial score (nSPS) is 20.4. The van der Waals surface area contributed by atoms with Gasteiger partial charge < -0.3 is 15.5 Å². The van der Waals surface area contributed by atoms with Gasteiger partial charge in [-0.2, -0.15) is 0 Å². The Labute approximate surface area is 103 Å². The van der Waals surface area contributed by atoms with Gasteiger partial charge >= 0.3 is 0 Å². The van der Waals surface area contributed by atoms with Crippen molar-refractivity contribution in [2.75, 3.05) is 36.4 Å². The zero-order chi connectivity index (χ0) is 12.3. The molecule has 1 fully saturated rings. The summed E-state index contributed by atoms with van der Waals surface area (Å²) in [6, 6.07) is 2.52. The third kappa shape index (κ3) is 2.85. The molecule has 0 amide bonds. The fourth-order valence-electron chi connectivity index (χ4n) is 2.15. The smallest absolute Gasteiger partial charge is 0.134 e. The van der Waals surface area contributed by atoms with Gasteiger partial charge in [0.1, 0.15) is 17.5 Å². The summed E-state index contributed by atoms with van der Waals surface area (Å²) < 4.78 is 0. The average Bonchev–Trinajstić information content (AvgIpc) is 2.29. The lowest BCUT2D eigenvalue weighted by molar-refractivity contribution is 0.496. The second-order valence-corrected chi connectivity index (χ2v) is 4.44. The molecule has 5 nitrogen and oxygen atoms in total. The standard InChI is InChI=1S/C12H21N5/c1-4-14-11-7-12(16-10(3)15-11)17-6-5-13-8-9(17)2/h7,9,13H,4-6,8H2,1-3H3,(H,14,15,16). The highest BCUT2D eigenvalue weighted by molar-refractivity contribution is 5.50. The zero-order valence-corrected chi connectivity index (χ0v) is 10.8. The van der Waals surface area contributed by atoms with E-state index in [0.717, 1.165) is 43.6 Å². The Morgan fingerprint density at radius 1 is 1.53 bits per heavy atom. The van der Waals surface area contributed by atoms with Crippen LogP contribution in [0.15, 0.2) is 6.07 Å². The summed E-state index contributed by atoms with van der Waals surface area (Å²) in [5.41, 5.74) is 0. The number of rotatable bonds is 3. The molecule has 1 aromatic rings. The van der Waals surface area contributed by atoms with Crippen LogP contribution in [0.4, 0.5) is 11.6 Å². The van der Waals surface area contributed by atoms with Crippen LogP contribution in [-0.4, -0.2) is 42.2 Å². The van der Waals surface area contributed by atoms with Crippen molar-refractivity contribution >= 4 is 11.6 Å². The van der Waals surface area contributed by atoms with Crippen molar-refractivity contribution in [3.05, 3.63) is 11.9 Å². The van der Waals surface area contributed by atoms with Crippen LogP contribution in [0.2, 0.25) is 0 Å².